The molecule has 0 spiro atoms. The molecule has 2 amide bonds. The van der Waals surface area contributed by atoms with E-state index >= 15 is 0 Å². The number of carbonyl (C=O) groups is 2. The molecule has 30 heavy (non-hydrogen) atoms. The monoisotopic (exact) mass is 539 g/mol. The maximum Gasteiger partial charge on any atom is 0.240 e. The van der Waals surface area contributed by atoms with Gasteiger partial charge < -0.3 is 14.8 Å². The fourth-order valence-corrected chi connectivity index (χ4v) is 3.27. The van der Waals surface area contributed by atoms with E-state index in [-0.39, 0.29) is 25.4 Å². The Balaban J connectivity index is 1.87. The quantitative estimate of drug-likeness (QED) is 0.219. The molecule has 0 atom stereocenters. The lowest BCUT2D eigenvalue weighted by molar-refractivity contribution is -0.124. The van der Waals surface area contributed by atoms with Gasteiger partial charge in [-0.15, -0.1) is 6.42 Å². The first-order chi connectivity index (χ1) is 14.4. The molecule has 9 heteroatoms. The molecule has 0 fully saturated rings. The first-order valence-corrected chi connectivity index (χ1v) is 10.2. The second-order valence-corrected chi connectivity index (χ2v) is 7.42. The van der Waals surface area contributed by atoms with E-state index in [9.17, 15) is 9.59 Å². The number of ether oxygens (including phenoxy) is 2. The molecule has 0 aromatic heterocycles. The highest BCUT2D eigenvalue weighted by molar-refractivity contribution is 14.1. The topological polar surface area (TPSA) is 89.0 Å². The Morgan fingerprint density at radius 2 is 2.00 bits per heavy atom. The number of hydrogen-bond donors (Lipinski definition) is 2. The van der Waals surface area contributed by atoms with Gasteiger partial charge in [0.05, 0.1) is 27.6 Å². The molecule has 2 N–H and O–H groups in total. The van der Waals surface area contributed by atoms with Crippen LogP contribution in [0.5, 0.6) is 11.5 Å². The number of anilines is 1. The zero-order chi connectivity index (χ0) is 21.9. The molecule has 0 aliphatic carbocycles. The molecule has 156 valence electrons. The largest absolute Gasteiger partial charge is 0.493 e. The SMILES string of the molecule is C#CCOc1c(I)cc(C=NNC(=O)CCC(=O)Nc2ccccc2Cl)cc1OC. The minimum absolute atomic E-state index is 0.000484. The van der Waals surface area contributed by atoms with Crippen LogP contribution in [-0.2, 0) is 9.59 Å². The molecule has 0 radical (unpaired) electrons. The van der Waals surface area contributed by atoms with E-state index in [1.54, 1.807) is 30.3 Å². The molecule has 2 aromatic carbocycles. The maximum absolute atomic E-state index is 12.0. The second-order valence-electron chi connectivity index (χ2n) is 5.85. The standard InChI is InChI=1S/C21H19ClIN3O4/c1-3-10-30-21-16(23)11-14(12-18(21)29-2)13-24-26-20(28)9-8-19(27)25-17-7-5-4-6-15(17)22/h1,4-7,11-13H,8-10H2,2H3,(H,25,27)(H,26,28). The van der Waals surface area contributed by atoms with Gasteiger partial charge in [0.2, 0.25) is 11.8 Å². The lowest BCUT2D eigenvalue weighted by atomic mass is 10.2. The summed E-state index contributed by atoms with van der Waals surface area (Å²) in [5.41, 5.74) is 3.59. The van der Waals surface area contributed by atoms with Crippen LogP contribution in [0.1, 0.15) is 18.4 Å². The Hall–Kier alpha value is -2.77. The molecular formula is C21H19ClIN3O4. The summed E-state index contributed by atoms with van der Waals surface area (Å²) in [6.07, 6.45) is 6.67. The number of methoxy groups -OCH3 is 1. The fraction of sp³-hybridized carbons (Fsp3) is 0.190. The van der Waals surface area contributed by atoms with Crippen LogP contribution in [0.25, 0.3) is 0 Å². The third-order valence-electron chi connectivity index (χ3n) is 3.68. The van der Waals surface area contributed by atoms with Crippen molar-refractivity contribution >= 4 is 57.9 Å². The smallest absolute Gasteiger partial charge is 0.240 e. The van der Waals surface area contributed by atoms with Gasteiger partial charge in [-0.25, -0.2) is 5.43 Å². The number of halogens is 2. The molecule has 0 heterocycles. The number of nitrogens with one attached hydrogen (secondary N) is 2. The van der Waals surface area contributed by atoms with Crippen molar-refractivity contribution in [2.75, 3.05) is 19.0 Å². The summed E-state index contributed by atoms with van der Waals surface area (Å²) in [6, 6.07) is 10.4. The summed E-state index contributed by atoms with van der Waals surface area (Å²) >= 11 is 8.08. The average molecular weight is 540 g/mol. The lowest BCUT2D eigenvalue weighted by Crippen LogP contribution is -2.20. The molecule has 2 rings (SSSR count). The first-order valence-electron chi connectivity index (χ1n) is 8.74. The summed E-state index contributed by atoms with van der Waals surface area (Å²) in [7, 11) is 1.52. The van der Waals surface area contributed by atoms with E-state index in [0.29, 0.717) is 27.8 Å². The minimum atomic E-state index is -0.392. The van der Waals surface area contributed by atoms with Crippen LogP contribution in [0.3, 0.4) is 0 Å². The number of hydrazone groups is 1. The van der Waals surface area contributed by atoms with Crippen LogP contribution in [0, 0.1) is 15.9 Å². The Morgan fingerprint density at radius 1 is 1.27 bits per heavy atom. The van der Waals surface area contributed by atoms with E-state index in [1.165, 1.54) is 13.3 Å². The van der Waals surface area contributed by atoms with Crippen LogP contribution >= 0.6 is 34.2 Å². The van der Waals surface area contributed by atoms with Crippen molar-refractivity contribution in [3.63, 3.8) is 0 Å². The van der Waals surface area contributed by atoms with E-state index < -0.39 is 5.91 Å². The van der Waals surface area contributed by atoms with Crippen LogP contribution in [0.15, 0.2) is 41.5 Å². The van der Waals surface area contributed by atoms with Gasteiger partial charge in [0.1, 0.15) is 6.61 Å². The number of amides is 2. The highest BCUT2D eigenvalue weighted by Gasteiger charge is 2.11. The molecule has 0 unspecified atom stereocenters. The predicted octanol–water partition coefficient (Wildman–Crippen LogP) is 3.83. The van der Waals surface area contributed by atoms with E-state index in [2.05, 4.69) is 44.4 Å². The lowest BCUT2D eigenvalue weighted by Gasteiger charge is -2.11. The van der Waals surface area contributed by atoms with Gasteiger partial charge in [-0.2, -0.15) is 5.10 Å². The molecule has 0 aliphatic heterocycles. The van der Waals surface area contributed by atoms with Crippen molar-refractivity contribution < 1.29 is 19.1 Å². The highest BCUT2D eigenvalue weighted by Crippen LogP contribution is 2.33. The zero-order valence-corrected chi connectivity index (χ0v) is 19.0. The zero-order valence-electron chi connectivity index (χ0n) is 16.1. The Labute approximate surface area is 193 Å². The summed E-state index contributed by atoms with van der Waals surface area (Å²) in [6.45, 7) is 0.125. The number of nitrogens with zero attached hydrogens (tertiary/aromatic N) is 1. The summed E-state index contributed by atoms with van der Waals surface area (Å²) in [5.74, 6) is 2.74. The van der Waals surface area contributed by atoms with Crippen molar-refractivity contribution in [1.29, 1.82) is 0 Å². The maximum atomic E-state index is 12.0. The van der Waals surface area contributed by atoms with Crippen molar-refractivity contribution in [2.24, 2.45) is 5.10 Å². The van der Waals surface area contributed by atoms with Gasteiger partial charge >= 0.3 is 0 Å². The van der Waals surface area contributed by atoms with Gasteiger partial charge in [0.25, 0.3) is 0 Å². The molecule has 0 saturated carbocycles. The third-order valence-corrected chi connectivity index (χ3v) is 4.81. The van der Waals surface area contributed by atoms with Crippen LogP contribution in [0.2, 0.25) is 5.02 Å². The summed E-state index contributed by atoms with van der Waals surface area (Å²) in [4.78, 5) is 23.9. The predicted molar refractivity (Wildman–Crippen MR) is 125 cm³/mol. The Bertz CT molecular complexity index is 989. The molecule has 0 saturated heterocycles. The number of carbonyl (C=O) groups excluding carboxylic acids is 2. The summed E-state index contributed by atoms with van der Waals surface area (Å²) < 4.78 is 11.6. The molecule has 0 bridgehead atoms. The van der Waals surface area contributed by atoms with Crippen LogP contribution in [-0.4, -0.2) is 31.7 Å². The van der Waals surface area contributed by atoms with Crippen LogP contribution < -0.4 is 20.2 Å². The summed E-state index contributed by atoms with van der Waals surface area (Å²) in [5, 5.41) is 7.01. The number of benzene rings is 2. The second kappa shape index (κ2) is 12.0. The molecule has 0 aliphatic rings. The highest BCUT2D eigenvalue weighted by atomic mass is 127. The van der Waals surface area contributed by atoms with Gasteiger partial charge in [0, 0.05) is 12.8 Å². The molecule has 2 aromatic rings. The van der Waals surface area contributed by atoms with Gasteiger partial charge in [0.15, 0.2) is 11.5 Å². The van der Waals surface area contributed by atoms with E-state index in [1.807, 2.05) is 6.07 Å². The van der Waals surface area contributed by atoms with Crippen molar-refractivity contribution in [3.05, 3.63) is 50.6 Å². The van der Waals surface area contributed by atoms with Crippen LogP contribution in [0.4, 0.5) is 5.69 Å². The van der Waals surface area contributed by atoms with E-state index in [4.69, 9.17) is 27.5 Å². The van der Waals surface area contributed by atoms with E-state index in [0.717, 1.165) is 3.57 Å². The third kappa shape index (κ3) is 7.24. The number of rotatable bonds is 9. The van der Waals surface area contributed by atoms with Crippen molar-refractivity contribution in [3.8, 4) is 23.8 Å². The van der Waals surface area contributed by atoms with Crippen molar-refractivity contribution in [1.82, 2.24) is 5.43 Å². The van der Waals surface area contributed by atoms with Gasteiger partial charge in [-0.3, -0.25) is 9.59 Å². The first kappa shape index (κ1) is 23.5. The Morgan fingerprint density at radius 3 is 2.70 bits per heavy atom. The number of terminal acetylenes is 1. The average Bonchev–Trinajstić information content (AvgIpc) is 2.73. The molecular weight excluding hydrogens is 521 g/mol. The number of hydrogen-bond acceptors (Lipinski definition) is 5. The normalized spacial score (nSPS) is 10.3. The molecule has 7 nitrogen and oxygen atoms in total. The van der Waals surface area contributed by atoms with Gasteiger partial charge in [-0.1, -0.05) is 29.7 Å². The minimum Gasteiger partial charge on any atom is -0.493 e. The number of para-hydroxylation sites is 1. The Kier molecular flexibility index (Phi) is 9.44. The van der Waals surface area contributed by atoms with Crippen molar-refractivity contribution in [2.45, 2.75) is 12.8 Å². The van der Waals surface area contributed by atoms with Gasteiger partial charge in [-0.05, 0) is 52.4 Å². The fourth-order valence-electron chi connectivity index (χ4n) is 2.31.